The van der Waals surface area contributed by atoms with Crippen molar-refractivity contribution in [3.63, 3.8) is 0 Å². The molecule has 0 amide bonds. The highest BCUT2D eigenvalue weighted by Gasteiger charge is 2.69. The lowest BCUT2D eigenvalue weighted by atomic mass is 9.50. The maximum atomic E-state index is 5.18. The summed E-state index contributed by atoms with van der Waals surface area (Å²) in [7, 11) is 4.50. The predicted molar refractivity (Wildman–Crippen MR) is 105 cm³/mol. The van der Waals surface area contributed by atoms with Gasteiger partial charge in [0.2, 0.25) is 0 Å². The fraction of sp³-hybridized carbons (Fsp3) is 0.409. The molecule has 2 fully saturated rings. The van der Waals surface area contributed by atoms with Gasteiger partial charge in [-0.1, -0.05) is 36.4 Å². The molecule has 2 aromatic rings. The zero-order valence-corrected chi connectivity index (χ0v) is 15.4. The van der Waals surface area contributed by atoms with Gasteiger partial charge in [-0.25, -0.2) is 4.99 Å². The first-order chi connectivity index (χ1) is 12.7. The zero-order chi connectivity index (χ0) is 17.5. The van der Waals surface area contributed by atoms with Crippen molar-refractivity contribution >= 4 is 17.2 Å². The second-order valence-corrected chi connectivity index (χ2v) is 8.32. The molecule has 0 bridgehead atoms. The number of aliphatic imine (C=N–C) groups is 1. The van der Waals surface area contributed by atoms with E-state index in [1.807, 2.05) is 0 Å². The third-order valence-electron chi connectivity index (χ3n) is 7.38. The summed E-state index contributed by atoms with van der Waals surface area (Å²) in [6.45, 7) is 2.13. The second kappa shape index (κ2) is 4.68. The topological polar surface area (TPSA) is 30.9 Å². The smallest absolute Gasteiger partial charge is 0.116 e. The van der Waals surface area contributed by atoms with Gasteiger partial charge in [0.25, 0.3) is 0 Å². The molecule has 2 spiro atoms. The number of hydrogen-bond donors (Lipinski definition) is 1. The molecule has 26 heavy (non-hydrogen) atoms. The summed E-state index contributed by atoms with van der Waals surface area (Å²) in [5.41, 5.74) is 5.39. The summed E-state index contributed by atoms with van der Waals surface area (Å²) < 4.78 is 0. The lowest BCUT2D eigenvalue weighted by molar-refractivity contribution is 0.0407. The minimum absolute atomic E-state index is 0.0344. The quantitative estimate of drug-likeness (QED) is 0.795. The Morgan fingerprint density at radius 3 is 2.62 bits per heavy atom. The van der Waals surface area contributed by atoms with Crippen molar-refractivity contribution in [3.05, 3.63) is 59.7 Å². The molecule has 132 valence electrons. The molecule has 3 unspecified atom stereocenters. The maximum absolute atomic E-state index is 5.18. The summed E-state index contributed by atoms with van der Waals surface area (Å²) in [4.78, 5) is 10.1. The van der Waals surface area contributed by atoms with Crippen LogP contribution < -0.4 is 5.32 Å². The molecule has 0 aromatic heterocycles. The van der Waals surface area contributed by atoms with Crippen LogP contribution in [0.2, 0.25) is 0 Å². The number of nitrogens with one attached hydrogen (secondary N) is 1. The van der Waals surface area contributed by atoms with E-state index in [1.54, 1.807) is 0 Å². The van der Waals surface area contributed by atoms with Crippen molar-refractivity contribution < 1.29 is 0 Å². The van der Waals surface area contributed by atoms with Crippen LogP contribution in [0.5, 0.6) is 0 Å². The van der Waals surface area contributed by atoms with E-state index in [0.717, 1.165) is 25.9 Å². The van der Waals surface area contributed by atoms with E-state index in [2.05, 4.69) is 77.7 Å². The van der Waals surface area contributed by atoms with Gasteiger partial charge >= 0.3 is 0 Å². The fourth-order valence-corrected chi connectivity index (χ4v) is 6.36. The Balaban J connectivity index is 1.72. The van der Waals surface area contributed by atoms with Crippen LogP contribution in [0.3, 0.4) is 0 Å². The number of fused-ring (bicyclic) bond motifs is 2. The van der Waals surface area contributed by atoms with Gasteiger partial charge in [-0.15, -0.1) is 0 Å². The number of piperidine rings is 2. The SMILES string of the molecule is CN1CCC23c4ccccc4NC2N(C)CCC32C1=Nc1ccccc12. The Morgan fingerprint density at radius 2 is 1.73 bits per heavy atom. The molecule has 4 aliphatic heterocycles. The highest BCUT2D eigenvalue weighted by molar-refractivity contribution is 6.03. The number of amidine groups is 1. The van der Waals surface area contributed by atoms with E-state index in [1.165, 1.54) is 28.3 Å². The summed E-state index contributed by atoms with van der Waals surface area (Å²) >= 11 is 0. The van der Waals surface area contributed by atoms with Gasteiger partial charge in [0.1, 0.15) is 5.84 Å². The Kier molecular flexibility index (Phi) is 2.67. The van der Waals surface area contributed by atoms with E-state index >= 15 is 0 Å². The van der Waals surface area contributed by atoms with Crippen LogP contribution in [-0.2, 0) is 10.8 Å². The third-order valence-corrected chi connectivity index (χ3v) is 7.38. The van der Waals surface area contributed by atoms with E-state index < -0.39 is 0 Å². The lowest BCUT2D eigenvalue weighted by Crippen LogP contribution is -2.72. The van der Waals surface area contributed by atoms with E-state index in [-0.39, 0.29) is 10.8 Å². The van der Waals surface area contributed by atoms with Crippen molar-refractivity contribution in [1.29, 1.82) is 0 Å². The molecule has 4 heteroatoms. The van der Waals surface area contributed by atoms with Gasteiger partial charge in [-0.2, -0.15) is 0 Å². The highest BCUT2D eigenvalue weighted by Crippen LogP contribution is 2.64. The summed E-state index contributed by atoms with van der Waals surface area (Å²) in [6.07, 6.45) is 2.59. The Labute approximate surface area is 154 Å². The number of para-hydroxylation sites is 2. The van der Waals surface area contributed by atoms with Gasteiger partial charge in [-0.3, -0.25) is 4.90 Å². The number of likely N-dealkylation sites (N-methyl/N-ethyl adjacent to an activating group) is 2. The number of rotatable bonds is 0. The molecule has 2 aromatic carbocycles. The highest BCUT2D eigenvalue weighted by atomic mass is 15.3. The molecule has 3 atom stereocenters. The molecule has 2 saturated heterocycles. The van der Waals surface area contributed by atoms with Crippen LogP contribution in [-0.4, -0.2) is 49.0 Å². The number of benzene rings is 2. The number of nitrogens with zero attached hydrogens (tertiary/aromatic N) is 3. The molecule has 4 nitrogen and oxygen atoms in total. The molecule has 6 rings (SSSR count). The van der Waals surface area contributed by atoms with Crippen LogP contribution in [0.1, 0.15) is 24.0 Å². The van der Waals surface area contributed by atoms with Crippen LogP contribution in [0.4, 0.5) is 11.4 Å². The number of likely N-dealkylation sites (tertiary alicyclic amines) is 2. The van der Waals surface area contributed by atoms with Gasteiger partial charge < -0.3 is 10.2 Å². The van der Waals surface area contributed by atoms with E-state index in [4.69, 9.17) is 4.99 Å². The summed E-state index contributed by atoms with van der Waals surface area (Å²) in [6, 6.07) is 17.8. The van der Waals surface area contributed by atoms with Crippen molar-refractivity contribution in [2.45, 2.75) is 29.8 Å². The van der Waals surface area contributed by atoms with Crippen molar-refractivity contribution in [1.82, 2.24) is 9.80 Å². The van der Waals surface area contributed by atoms with Crippen molar-refractivity contribution in [2.24, 2.45) is 4.99 Å². The van der Waals surface area contributed by atoms with Gasteiger partial charge in [0.15, 0.2) is 0 Å². The van der Waals surface area contributed by atoms with E-state index in [9.17, 15) is 0 Å². The molecule has 4 aliphatic rings. The maximum Gasteiger partial charge on any atom is 0.116 e. The Morgan fingerprint density at radius 1 is 0.962 bits per heavy atom. The normalized spacial score (nSPS) is 34.2. The van der Waals surface area contributed by atoms with Crippen LogP contribution in [0.15, 0.2) is 53.5 Å². The van der Waals surface area contributed by atoms with Gasteiger partial charge in [0.05, 0.1) is 17.3 Å². The first-order valence-corrected chi connectivity index (χ1v) is 9.65. The molecule has 1 N–H and O–H groups in total. The summed E-state index contributed by atoms with van der Waals surface area (Å²) in [5, 5.41) is 3.88. The molecular weight excluding hydrogens is 320 g/mol. The minimum Gasteiger partial charge on any atom is -0.369 e. The Hall–Kier alpha value is -2.33. The standard InChI is InChI=1S/C22H24N4/c1-25-13-11-22-16-8-4-6-10-18(16)24-20(22)26(2)14-12-21(22)15-7-3-5-9-17(15)23-19(21)25/h3-10,19,23H,11-14H2,1-2H3. The first kappa shape index (κ1) is 14.8. The number of hydrogen-bond acceptors (Lipinski definition) is 4. The average molecular weight is 344 g/mol. The van der Waals surface area contributed by atoms with Crippen LogP contribution in [0.25, 0.3) is 0 Å². The van der Waals surface area contributed by atoms with Crippen molar-refractivity contribution in [2.75, 3.05) is 32.5 Å². The van der Waals surface area contributed by atoms with Crippen LogP contribution in [0, 0.1) is 0 Å². The lowest BCUT2D eigenvalue weighted by Gasteiger charge is -2.60. The van der Waals surface area contributed by atoms with Crippen LogP contribution >= 0.6 is 0 Å². The van der Waals surface area contributed by atoms with Crippen molar-refractivity contribution in [3.8, 4) is 0 Å². The Bertz CT molecular complexity index is 951. The molecule has 4 heterocycles. The molecule has 0 radical (unpaired) electrons. The second-order valence-electron chi connectivity index (χ2n) is 8.32. The number of anilines is 1. The third kappa shape index (κ3) is 1.42. The average Bonchev–Trinajstić information content (AvgIpc) is 3.19. The molecular formula is C22H24N4. The van der Waals surface area contributed by atoms with E-state index in [0.29, 0.717) is 6.17 Å². The monoisotopic (exact) mass is 344 g/mol. The molecule has 0 saturated carbocycles. The predicted octanol–water partition coefficient (Wildman–Crippen LogP) is 3.33. The summed E-state index contributed by atoms with van der Waals surface area (Å²) in [5.74, 6) is 1.28. The minimum atomic E-state index is -0.0344. The first-order valence-electron chi connectivity index (χ1n) is 9.65. The fourth-order valence-electron chi connectivity index (χ4n) is 6.36. The largest absolute Gasteiger partial charge is 0.369 e. The molecule has 0 aliphatic carbocycles. The van der Waals surface area contributed by atoms with Gasteiger partial charge in [-0.05, 0) is 43.1 Å². The van der Waals surface area contributed by atoms with Gasteiger partial charge in [0, 0.05) is 31.2 Å². The zero-order valence-electron chi connectivity index (χ0n) is 15.4.